The second-order valence-electron chi connectivity index (χ2n) is 4.48. The molecule has 1 aromatic rings. The number of benzene rings is 1. The summed E-state index contributed by atoms with van der Waals surface area (Å²) in [4.78, 5) is 24.8. The van der Waals surface area contributed by atoms with Crippen molar-refractivity contribution < 1.29 is 9.59 Å². The molecule has 1 N–H and O–H groups in total. The molecule has 0 unspecified atom stereocenters. The van der Waals surface area contributed by atoms with E-state index in [-0.39, 0.29) is 11.8 Å². The van der Waals surface area contributed by atoms with E-state index in [4.69, 9.17) is 0 Å². The minimum absolute atomic E-state index is 0.261. The molecule has 0 atom stereocenters. The Kier molecular flexibility index (Phi) is 3.51. The third-order valence-corrected chi connectivity index (χ3v) is 3.26. The fourth-order valence-corrected chi connectivity index (χ4v) is 2.27. The largest absolute Gasteiger partial charge is 0.272 e. The number of anilines is 1. The zero-order valence-electron chi connectivity index (χ0n) is 10.6. The van der Waals surface area contributed by atoms with Gasteiger partial charge in [0.25, 0.3) is 11.8 Å². The highest BCUT2D eigenvalue weighted by molar-refractivity contribution is 6.18. The number of hydrogen-bond donors (Lipinski definition) is 1. The van der Waals surface area contributed by atoms with Crippen molar-refractivity contribution in [1.29, 1.82) is 0 Å². The molecule has 2 rings (SSSR count). The van der Waals surface area contributed by atoms with Gasteiger partial charge in [-0.05, 0) is 25.0 Å². The van der Waals surface area contributed by atoms with Gasteiger partial charge >= 0.3 is 0 Å². The number of rotatable bonds is 5. The van der Waals surface area contributed by atoms with E-state index in [2.05, 4.69) is 18.6 Å². The summed E-state index contributed by atoms with van der Waals surface area (Å²) in [5.41, 5.74) is 2.17. The first-order valence-electron chi connectivity index (χ1n) is 6.08. The number of nitrogens with zero attached hydrogens (tertiary/aromatic N) is 1. The van der Waals surface area contributed by atoms with Gasteiger partial charge in [-0.1, -0.05) is 30.4 Å². The van der Waals surface area contributed by atoms with E-state index in [0.717, 1.165) is 0 Å². The first-order chi connectivity index (χ1) is 9.15. The van der Waals surface area contributed by atoms with Gasteiger partial charge in [-0.15, -0.1) is 13.2 Å². The van der Waals surface area contributed by atoms with Crippen molar-refractivity contribution in [3.63, 3.8) is 0 Å². The van der Waals surface area contributed by atoms with Gasteiger partial charge in [-0.3, -0.25) is 15.0 Å². The second kappa shape index (κ2) is 5.10. The Morgan fingerprint density at radius 2 is 1.68 bits per heavy atom. The van der Waals surface area contributed by atoms with E-state index < -0.39 is 5.41 Å². The second-order valence-corrected chi connectivity index (χ2v) is 4.48. The molecule has 2 amide bonds. The van der Waals surface area contributed by atoms with Crippen LogP contribution >= 0.6 is 0 Å². The lowest BCUT2D eigenvalue weighted by Gasteiger charge is -2.21. The molecule has 1 heterocycles. The summed E-state index contributed by atoms with van der Waals surface area (Å²) in [6, 6.07) is 9.03. The van der Waals surface area contributed by atoms with E-state index in [1.54, 1.807) is 24.3 Å². The van der Waals surface area contributed by atoms with Crippen LogP contribution in [-0.4, -0.2) is 11.8 Å². The Balaban J connectivity index is 2.39. The van der Waals surface area contributed by atoms with Crippen molar-refractivity contribution in [2.45, 2.75) is 12.8 Å². The summed E-state index contributed by atoms with van der Waals surface area (Å²) in [6.45, 7) is 7.27. The predicted molar refractivity (Wildman–Crippen MR) is 74.1 cm³/mol. The Hall–Kier alpha value is -2.36. The summed E-state index contributed by atoms with van der Waals surface area (Å²) in [6.07, 6.45) is 3.78. The van der Waals surface area contributed by atoms with Gasteiger partial charge < -0.3 is 0 Å². The zero-order valence-corrected chi connectivity index (χ0v) is 10.6. The Bertz CT molecular complexity index is 512. The summed E-state index contributed by atoms with van der Waals surface area (Å²) in [5.74, 6) is -0.565. The molecule has 19 heavy (non-hydrogen) atoms. The van der Waals surface area contributed by atoms with Gasteiger partial charge in [0.1, 0.15) is 5.41 Å². The van der Waals surface area contributed by atoms with Crippen molar-refractivity contribution in [1.82, 2.24) is 5.43 Å². The van der Waals surface area contributed by atoms with Gasteiger partial charge in [-0.25, -0.2) is 5.01 Å². The van der Waals surface area contributed by atoms with Crippen LogP contribution in [0.2, 0.25) is 0 Å². The van der Waals surface area contributed by atoms with Crippen molar-refractivity contribution in [2.24, 2.45) is 5.41 Å². The smallest absolute Gasteiger partial charge is 0.262 e. The molecule has 1 fully saturated rings. The van der Waals surface area contributed by atoms with Gasteiger partial charge in [0.15, 0.2) is 0 Å². The van der Waals surface area contributed by atoms with Gasteiger partial charge in [-0.2, -0.15) is 0 Å². The Morgan fingerprint density at radius 3 is 2.21 bits per heavy atom. The highest BCUT2D eigenvalue weighted by atomic mass is 16.2. The fraction of sp³-hybridized carbons (Fsp3) is 0.200. The number of nitrogens with one attached hydrogen (secondary N) is 1. The number of amides is 2. The highest BCUT2D eigenvalue weighted by Gasteiger charge is 2.52. The van der Waals surface area contributed by atoms with Crippen LogP contribution in [0.1, 0.15) is 12.8 Å². The molecule has 0 spiro atoms. The lowest BCUT2D eigenvalue weighted by Crippen LogP contribution is -2.37. The van der Waals surface area contributed by atoms with Crippen LogP contribution in [0.15, 0.2) is 55.6 Å². The molecule has 4 nitrogen and oxygen atoms in total. The molecule has 0 radical (unpaired) electrons. The Morgan fingerprint density at radius 1 is 1.11 bits per heavy atom. The van der Waals surface area contributed by atoms with Crippen LogP contribution in [0.3, 0.4) is 0 Å². The standard InChI is InChI=1S/C15H16N2O2/c1-3-10-15(11-4-2)13(18)16-17(14(15)19)12-8-6-5-7-9-12/h3-9H,1-2,10-11H2,(H,16,18). The summed E-state index contributed by atoms with van der Waals surface area (Å²) < 4.78 is 0. The molecule has 1 aromatic carbocycles. The number of carbonyl (C=O) groups is 2. The third-order valence-electron chi connectivity index (χ3n) is 3.26. The maximum Gasteiger partial charge on any atom is 0.262 e. The van der Waals surface area contributed by atoms with Crippen molar-refractivity contribution in [3.8, 4) is 0 Å². The topological polar surface area (TPSA) is 49.4 Å². The summed E-state index contributed by atoms with van der Waals surface area (Å²) in [5, 5.41) is 1.30. The van der Waals surface area contributed by atoms with Crippen LogP contribution < -0.4 is 10.4 Å². The molecule has 0 aromatic heterocycles. The predicted octanol–water partition coefficient (Wildman–Crippen LogP) is 2.20. The molecule has 1 saturated heterocycles. The molecule has 98 valence electrons. The molecule has 0 bridgehead atoms. The van der Waals surface area contributed by atoms with E-state index in [1.165, 1.54) is 5.01 Å². The van der Waals surface area contributed by atoms with Crippen LogP contribution in [-0.2, 0) is 9.59 Å². The van der Waals surface area contributed by atoms with Crippen molar-refractivity contribution in [3.05, 3.63) is 55.6 Å². The lowest BCUT2D eigenvalue weighted by molar-refractivity contribution is -0.135. The number of hydrazine groups is 1. The van der Waals surface area contributed by atoms with Crippen molar-refractivity contribution >= 4 is 17.5 Å². The quantitative estimate of drug-likeness (QED) is 0.648. The third kappa shape index (κ3) is 2.05. The number of carbonyl (C=O) groups excluding carboxylic acids is 2. The minimum Gasteiger partial charge on any atom is -0.272 e. The monoisotopic (exact) mass is 256 g/mol. The molecule has 4 heteroatoms. The van der Waals surface area contributed by atoms with Crippen LogP contribution in [0.4, 0.5) is 5.69 Å². The average Bonchev–Trinajstić information content (AvgIpc) is 2.66. The molecule has 0 saturated carbocycles. The molecular weight excluding hydrogens is 240 g/mol. The summed E-state index contributed by atoms with van der Waals surface area (Å²) in [7, 11) is 0. The van der Waals surface area contributed by atoms with E-state index >= 15 is 0 Å². The SMILES string of the molecule is C=CCC1(CC=C)C(=O)NN(c2ccccc2)C1=O. The van der Waals surface area contributed by atoms with Gasteiger partial charge in [0, 0.05) is 0 Å². The van der Waals surface area contributed by atoms with E-state index in [0.29, 0.717) is 18.5 Å². The Labute approximate surface area is 112 Å². The maximum atomic E-state index is 12.6. The zero-order chi connectivity index (χ0) is 13.9. The average molecular weight is 256 g/mol. The number of hydrogen-bond acceptors (Lipinski definition) is 2. The number of allylic oxidation sites excluding steroid dienone is 2. The molecule has 1 aliphatic rings. The maximum absolute atomic E-state index is 12.6. The fourth-order valence-electron chi connectivity index (χ4n) is 2.27. The first-order valence-corrected chi connectivity index (χ1v) is 6.08. The molecule has 0 aliphatic carbocycles. The van der Waals surface area contributed by atoms with E-state index in [1.807, 2.05) is 18.2 Å². The van der Waals surface area contributed by atoms with E-state index in [9.17, 15) is 9.59 Å². The normalized spacial score (nSPS) is 17.2. The van der Waals surface area contributed by atoms with Crippen LogP contribution in [0, 0.1) is 5.41 Å². The van der Waals surface area contributed by atoms with Gasteiger partial charge in [0.05, 0.1) is 5.69 Å². The molecule has 1 aliphatic heterocycles. The first kappa shape index (κ1) is 13.1. The van der Waals surface area contributed by atoms with Gasteiger partial charge in [0.2, 0.25) is 0 Å². The summed E-state index contributed by atoms with van der Waals surface area (Å²) >= 11 is 0. The van der Waals surface area contributed by atoms with Crippen LogP contribution in [0.5, 0.6) is 0 Å². The lowest BCUT2D eigenvalue weighted by atomic mass is 9.80. The molecular formula is C15H16N2O2. The van der Waals surface area contributed by atoms with Crippen LogP contribution in [0.25, 0.3) is 0 Å². The minimum atomic E-state index is -1.11. The number of para-hydroxylation sites is 1. The highest BCUT2D eigenvalue weighted by Crippen LogP contribution is 2.36. The van der Waals surface area contributed by atoms with Crippen molar-refractivity contribution in [2.75, 3.05) is 5.01 Å².